The first-order valence-electron chi connectivity index (χ1n) is 12.8. The topological polar surface area (TPSA) is 145 Å². The summed E-state index contributed by atoms with van der Waals surface area (Å²) in [6.45, 7) is 7.18. The number of rotatable bonds is 11. The Hall–Kier alpha value is -3.44. The van der Waals surface area contributed by atoms with Gasteiger partial charge in [-0.1, -0.05) is 29.3 Å². The Morgan fingerprint density at radius 3 is 2.10 bits per heavy atom. The first-order valence-corrected chi connectivity index (χ1v) is 13.6. The second kappa shape index (κ2) is 13.8. The Labute approximate surface area is 242 Å². The Balaban J connectivity index is 2.02. The van der Waals surface area contributed by atoms with Crippen LogP contribution in [-0.4, -0.2) is 52.0 Å². The first kappa shape index (κ1) is 31.1. The minimum Gasteiger partial charge on any atom is -0.481 e. The standard InChI is InChI=1S/C27H33Cl2N3O8/c1-14(2)30-26(36)38-12-18-19(13-39-27(37)31-15(3)4)25(16-5-6-20(28)21(29)9-16)32-11-17(10-22(18)32)40-24(35)8-7-23(33)34/h5-6,9,14-15,17H,7-8,10-13H2,1-4H3,(H,30,36)(H,31,37)(H,33,34). The van der Waals surface area contributed by atoms with E-state index >= 15 is 0 Å². The molecule has 2 aromatic rings. The van der Waals surface area contributed by atoms with Gasteiger partial charge in [0.25, 0.3) is 0 Å². The normalized spacial score (nSPS) is 14.2. The van der Waals surface area contributed by atoms with Crippen LogP contribution in [0.5, 0.6) is 0 Å². The van der Waals surface area contributed by atoms with E-state index in [0.29, 0.717) is 32.4 Å². The third-order valence-corrected chi connectivity index (χ3v) is 6.68. The van der Waals surface area contributed by atoms with E-state index < -0.39 is 30.2 Å². The fourth-order valence-electron chi connectivity index (χ4n) is 4.36. The number of alkyl carbamates (subject to hydrolysis) is 2. The fourth-order valence-corrected chi connectivity index (χ4v) is 4.66. The van der Waals surface area contributed by atoms with E-state index in [1.165, 1.54) is 0 Å². The average molecular weight is 598 g/mol. The fraction of sp³-hybridized carbons (Fsp3) is 0.481. The number of halogens is 2. The number of carboxylic acids is 1. The second-order valence-corrected chi connectivity index (χ2v) is 10.8. The summed E-state index contributed by atoms with van der Waals surface area (Å²) in [5.74, 6) is -1.72. The number of nitrogens with one attached hydrogen (secondary N) is 2. The highest BCUT2D eigenvalue weighted by atomic mass is 35.5. The van der Waals surface area contributed by atoms with Gasteiger partial charge in [0.15, 0.2) is 0 Å². The monoisotopic (exact) mass is 597 g/mol. The van der Waals surface area contributed by atoms with Crippen LogP contribution in [-0.2, 0) is 50.0 Å². The molecule has 40 heavy (non-hydrogen) atoms. The molecular weight excluding hydrogens is 565 g/mol. The van der Waals surface area contributed by atoms with E-state index in [0.717, 1.165) is 5.69 Å². The van der Waals surface area contributed by atoms with Crippen LogP contribution in [0.25, 0.3) is 11.3 Å². The summed E-state index contributed by atoms with van der Waals surface area (Å²) in [5.41, 5.74) is 3.21. The maximum absolute atomic E-state index is 12.4. The molecule has 0 spiro atoms. The van der Waals surface area contributed by atoms with Crippen molar-refractivity contribution in [3.8, 4) is 11.3 Å². The highest BCUT2D eigenvalue weighted by molar-refractivity contribution is 6.42. The van der Waals surface area contributed by atoms with Gasteiger partial charge in [0.1, 0.15) is 19.3 Å². The largest absolute Gasteiger partial charge is 0.481 e. The molecule has 3 N–H and O–H groups in total. The van der Waals surface area contributed by atoms with E-state index in [2.05, 4.69) is 10.6 Å². The number of benzene rings is 1. The summed E-state index contributed by atoms with van der Waals surface area (Å²) in [7, 11) is 0. The molecule has 0 radical (unpaired) electrons. The lowest BCUT2D eigenvalue weighted by Gasteiger charge is -2.17. The molecule has 2 heterocycles. The molecule has 1 atom stereocenters. The van der Waals surface area contributed by atoms with Gasteiger partial charge in [-0.3, -0.25) is 9.59 Å². The van der Waals surface area contributed by atoms with Gasteiger partial charge >= 0.3 is 24.1 Å². The number of nitrogens with zero attached hydrogens (tertiary/aromatic N) is 1. The van der Waals surface area contributed by atoms with E-state index in [9.17, 15) is 19.2 Å². The average Bonchev–Trinajstić information content (AvgIpc) is 3.36. The lowest BCUT2D eigenvalue weighted by molar-refractivity contribution is -0.151. The van der Waals surface area contributed by atoms with Crippen molar-refractivity contribution >= 4 is 47.3 Å². The van der Waals surface area contributed by atoms with E-state index in [4.69, 9.17) is 42.5 Å². The molecule has 1 unspecified atom stereocenters. The Kier molecular flexibility index (Phi) is 10.7. The zero-order chi connectivity index (χ0) is 29.6. The number of amides is 2. The Morgan fingerprint density at radius 2 is 1.55 bits per heavy atom. The van der Waals surface area contributed by atoms with Gasteiger partial charge in [0.05, 0.1) is 35.1 Å². The van der Waals surface area contributed by atoms with Crippen LogP contribution in [0.15, 0.2) is 18.2 Å². The van der Waals surface area contributed by atoms with Gasteiger partial charge < -0.3 is 34.5 Å². The van der Waals surface area contributed by atoms with Crippen LogP contribution in [0, 0.1) is 0 Å². The lowest BCUT2D eigenvalue weighted by Crippen LogP contribution is -2.31. The molecule has 11 nitrogen and oxygen atoms in total. The Bertz CT molecular complexity index is 1270. The van der Waals surface area contributed by atoms with E-state index in [1.54, 1.807) is 45.9 Å². The van der Waals surface area contributed by atoms with Crippen molar-refractivity contribution in [2.45, 2.75) is 84.9 Å². The van der Waals surface area contributed by atoms with Crippen LogP contribution in [0.4, 0.5) is 9.59 Å². The number of aromatic nitrogens is 1. The van der Waals surface area contributed by atoms with Crippen molar-refractivity contribution in [2.24, 2.45) is 0 Å². The van der Waals surface area contributed by atoms with Gasteiger partial charge in [0, 0.05) is 40.9 Å². The third-order valence-electron chi connectivity index (χ3n) is 5.94. The molecule has 0 bridgehead atoms. The number of hydrogen-bond acceptors (Lipinski definition) is 7. The predicted molar refractivity (Wildman–Crippen MR) is 147 cm³/mol. The van der Waals surface area contributed by atoms with Crippen molar-refractivity contribution in [3.05, 3.63) is 45.1 Å². The maximum Gasteiger partial charge on any atom is 0.407 e. The molecule has 3 rings (SSSR count). The molecule has 0 aliphatic carbocycles. The third kappa shape index (κ3) is 8.28. The molecule has 0 saturated carbocycles. The second-order valence-electron chi connectivity index (χ2n) is 9.95. The van der Waals surface area contributed by atoms with Crippen molar-refractivity contribution in [2.75, 3.05) is 0 Å². The van der Waals surface area contributed by atoms with Gasteiger partial charge in [-0.25, -0.2) is 9.59 Å². The number of ether oxygens (including phenoxy) is 3. The number of esters is 1. The number of carbonyl (C=O) groups is 4. The van der Waals surface area contributed by atoms with Crippen LogP contribution < -0.4 is 10.6 Å². The zero-order valence-corrected chi connectivity index (χ0v) is 24.2. The highest BCUT2D eigenvalue weighted by Crippen LogP contribution is 2.39. The van der Waals surface area contributed by atoms with Crippen LogP contribution in [0.2, 0.25) is 10.0 Å². The van der Waals surface area contributed by atoms with Crippen LogP contribution in [0.1, 0.15) is 57.4 Å². The molecule has 2 amide bonds. The highest BCUT2D eigenvalue weighted by Gasteiger charge is 2.34. The van der Waals surface area contributed by atoms with Gasteiger partial charge in [-0.2, -0.15) is 0 Å². The van der Waals surface area contributed by atoms with Crippen molar-refractivity contribution < 1.29 is 38.5 Å². The van der Waals surface area contributed by atoms with Crippen molar-refractivity contribution in [1.82, 2.24) is 15.2 Å². The smallest absolute Gasteiger partial charge is 0.407 e. The summed E-state index contributed by atoms with van der Waals surface area (Å²) < 4.78 is 18.5. The van der Waals surface area contributed by atoms with Gasteiger partial charge in [0.2, 0.25) is 0 Å². The van der Waals surface area contributed by atoms with Crippen molar-refractivity contribution in [1.29, 1.82) is 0 Å². The molecule has 218 valence electrons. The zero-order valence-electron chi connectivity index (χ0n) is 22.7. The number of aliphatic carboxylic acids is 1. The molecule has 0 saturated heterocycles. The Morgan fingerprint density at radius 1 is 0.950 bits per heavy atom. The number of fused-ring (bicyclic) bond motifs is 1. The summed E-state index contributed by atoms with van der Waals surface area (Å²) in [6.07, 6.45) is -2.14. The molecule has 1 aliphatic heterocycles. The minimum absolute atomic E-state index is 0.137. The van der Waals surface area contributed by atoms with E-state index in [1.807, 2.05) is 4.57 Å². The summed E-state index contributed by atoms with van der Waals surface area (Å²) in [5, 5.41) is 14.9. The summed E-state index contributed by atoms with van der Waals surface area (Å²) in [6, 6.07) is 4.79. The molecular formula is C27H33Cl2N3O8. The molecule has 1 aromatic carbocycles. The summed E-state index contributed by atoms with van der Waals surface area (Å²) >= 11 is 12.5. The predicted octanol–water partition coefficient (Wildman–Crippen LogP) is 5.06. The minimum atomic E-state index is -1.10. The summed E-state index contributed by atoms with van der Waals surface area (Å²) in [4.78, 5) is 47.8. The number of carboxylic acid groups (broad SMARTS) is 1. The van der Waals surface area contributed by atoms with E-state index in [-0.39, 0.29) is 51.1 Å². The first-order chi connectivity index (χ1) is 18.8. The number of carbonyl (C=O) groups excluding carboxylic acids is 3. The number of hydrogen-bond donors (Lipinski definition) is 3. The van der Waals surface area contributed by atoms with Gasteiger partial charge in [-0.05, 0) is 39.8 Å². The molecule has 13 heteroatoms. The molecule has 1 aromatic heterocycles. The van der Waals surface area contributed by atoms with Gasteiger partial charge in [-0.15, -0.1) is 0 Å². The van der Waals surface area contributed by atoms with Crippen molar-refractivity contribution in [3.63, 3.8) is 0 Å². The van der Waals surface area contributed by atoms with Crippen LogP contribution in [0.3, 0.4) is 0 Å². The molecule has 0 fully saturated rings. The lowest BCUT2D eigenvalue weighted by atomic mass is 10.0. The van der Waals surface area contributed by atoms with Crippen LogP contribution >= 0.6 is 23.2 Å². The molecule has 1 aliphatic rings. The SMILES string of the molecule is CC(C)NC(=O)OCc1c(COC(=O)NC(C)C)c(-c2ccc(Cl)c(Cl)c2)n2c1CC(OC(=O)CCC(=O)O)C2. The maximum atomic E-state index is 12.4. The quantitative estimate of drug-likeness (QED) is 0.240.